The van der Waals surface area contributed by atoms with Crippen molar-refractivity contribution >= 4 is 8.03 Å². The molecule has 4 heteroatoms. The molecule has 2 aromatic carbocycles. The second-order valence-corrected chi connectivity index (χ2v) is 4.34. The molecule has 0 bridgehead atoms. The van der Waals surface area contributed by atoms with E-state index in [0.29, 0.717) is 5.56 Å². The minimum absolute atomic E-state index is 0.469. The van der Waals surface area contributed by atoms with Gasteiger partial charge in [0.15, 0.2) is 0 Å². The highest BCUT2D eigenvalue weighted by Crippen LogP contribution is 2.34. The molecule has 0 heterocycles. The number of hydrogen-bond acceptors (Lipinski definition) is 2. The van der Waals surface area contributed by atoms with Crippen LogP contribution in [0, 0.1) is 0 Å². The van der Waals surface area contributed by atoms with Crippen LogP contribution in [0.4, 0.5) is 0 Å². The second-order valence-electron chi connectivity index (χ2n) is 3.24. The van der Waals surface area contributed by atoms with Crippen LogP contribution in [-0.4, -0.2) is 10.00 Å². The summed E-state index contributed by atoms with van der Waals surface area (Å²) in [6.45, 7) is 0. The van der Waals surface area contributed by atoms with Crippen LogP contribution in [0.1, 0.15) is 11.4 Å². The summed E-state index contributed by atoms with van der Waals surface area (Å²) in [5.41, 5.74) is 0.469. The van der Waals surface area contributed by atoms with Crippen molar-refractivity contribution in [1.29, 1.82) is 0 Å². The van der Waals surface area contributed by atoms with Crippen molar-refractivity contribution in [3.05, 3.63) is 72.3 Å². The Morgan fingerprint density at radius 1 is 0.824 bits per heavy atom. The maximum Gasteiger partial charge on any atom is 0.542 e. The van der Waals surface area contributed by atoms with Gasteiger partial charge in [0.2, 0.25) is 0 Å². The van der Waals surface area contributed by atoms with Gasteiger partial charge in [0, 0.05) is 5.56 Å². The van der Waals surface area contributed by atoms with Crippen molar-refractivity contribution in [2.45, 2.75) is 5.85 Å². The number of rotatable bonds is 2. The van der Waals surface area contributed by atoms with E-state index in [1.54, 1.807) is 30.3 Å². The first-order valence-electron chi connectivity index (χ1n) is 5.10. The van der Waals surface area contributed by atoms with E-state index < -0.39 is 13.9 Å². The Bertz CT molecular complexity index is 404. The van der Waals surface area contributed by atoms with Gasteiger partial charge in [0.05, 0.1) is 0 Å². The monoisotopic (exact) mass is 249 g/mol. The lowest BCUT2D eigenvalue weighted by Gasteiger charge is -1.94. The summed E-state index contributed by atoms with van der Waals surface area (Å²) in [6.07, 6.45) is 0. The van der Waals surface area contributed by atoms with Gasteiger partial charge in [-0.2, -0.15) is 4.89 Å². The van der Waals surface area contributed by atoms with Crippen molar-refractivity contribution in [3.63, 3.8) is 0 Å². The summed E-state index contributed by atoms with van der Waals surface area (Å²) in [5, 5.41) is 9.06. The van der Waals surface area contributed by atoms with Gasteiger partial charge in [-0.15, -0.1) is 0 Å². The summed E-state index contributed by atoms with van der Waals surface area (Å²) in [4.78, 5) is 8.53. The lowest BCUT2D eigenvalue weighted by molar-refractivity contribution is 0.243. The maximum absolute atomic E-state index is 10.4. The van der Waals surface area contributed by atoms with Gasteiger partial charge in [-0.1, -0.05) is 66.7 Å². The highest BCUT2D eigenvalue weighted by atomic mass is 31.1. The van der Waals surface area contributed by atoms with Crippen LogP contribution in [0.5, 0.6) is 0 Å². The first kappa shape index (κ1) is 13.5. The molecular formula is C13H14O3P+. The van der Waals surface area contributed by atoms with Crippen LogP contribution < -0.4 is 0 Å². The molecule has 2 unspecified atom stereocenters. The second kappa shape index (κ2) is 7.69. The topological polar surface area (TPSA) is 57.5 Å². The van der Waals surface area contributed by atoms with Crippen LogP contribution in [0.25, 0.3) is 0 Å². The van der Waals surface area contributed by atoms with E-state index in [4.69, 9.17) is 10.00 Å². The molecule has 17 heavy (non-hydrogen) atoms. The van der Waals surface area contributed by atoms with Gasteiger partial charge < -0.3 is 5.11 Å². The standard InChI is InChI=1S/C7H7O3P.C6H6/c8-7(11(9)10)6-4-2-1-3-5-6;1-2-4-6-5-3-1/h1-5,7-8H;1-6H/p+1. The van der Waals surface area contributed by atoms with Gasteiger partial charge in [-0.05, 0) is 4.57 Å². The third-order valence-electron chi connectivity index (χ3n) is 1.97. The average molecular weight is 249 g/mol. The normalized spacial score (nSPS) is 12.0. The molecule has 0 aliphatic rings. The van der Waals surface area contributed by atoms with Crippen molar-refractivity contribution in [2.24, 2.45) is 0 Å². The predicted octanol–water partition coefficient (Wildman–Crippen LogP) is 3.10. The molecule has 2 aromatic rings. The highest BCUT2D eigenvalue weighted by molar-refractivity contribution is 7.38. The molecule has 0 saturated carbocycles. The molecule has 0 aliphatic carbocycles. The number of aliphatic hydroxyl groups is 1. The lowest BCUT2D eigenvalue weighted by atomic mass is 10.2. The van der Waals surface area contributed by atoms with Crippen LogP contribution in [0.2, 0.25) is 0 Å². The van der Waals surface area contributed by atoms with E-state index in [9.17, 15) is 4.57 Å². The van der Waals surface area contributed by atoms with E-state index in [0.717, 1.165) is 0 Å². The third-order valence-corrected chi connectivity index (χ3v) is 2.69. The minimum atomic E-state index is -2.53. The smallest absolute Gasteiger partial charge is 0.345 e. The largest absolute Gasteiger partial charge is 0.542 e. The summed E-state index contributed by atoms with van der Waals surface area (Å²) in [6, 6.07) is 20.4. The SMILES string of the molecule is O=[P+](O)C(O)c1ccccc1.c1ccccc1. The molecule has 0 amide bonds. The van der Waals surface area contributed by atoms with Crippen molar-refractivity contribution < 1.29 is 14.6 Å². The first-order valence-corrected chi connectivity index (χ1v) is 6.38. The fourth-order valence-electron chi connectivity index (χ4n) is 1.14. The molecule has 0 radical (unpaired) electrons. The van der Waals surface area contributed by atoms with Crippen LogP contribution in [-0.2, 0) is 4.57 Å². The van der Waals surface area contributed by atoms with Crippen LogP contribution in [0.3, 0.4) is 0 Å². The summed E-state index contributed by atoms with van der Waals surface area (Å²) >= 11 is 0. The van der Waals surface area contributed by atoms with Crippen molar-refractivity contribution in [2.75, 3.05) is 0 Å². The van der Waals surface area contributed by atoms with E-state index in [1.165, 1.54) is 0 Å². The third kappa shape index (κ3) is 5.36. The number of benzene rings is 2. The Morgan fingerprint density at radius 2 is 1.18 bits per heavy atom. The molecule has 2 atom stereocenters. The van der Waals surface area contributed by atoms with Crippen molar-refractivity contribution in [1.82, 2.24) is 0 Å². The molecule has 0 fully saturated rings. The van der Waals surface area contributed by atoms with Crippen LogP contribution in [0.15, 0.2) is 66.7 Å². The van der Waals surface area contributed by atoms with Crippen LogP contribution >= 0.6 is 8.03 Å². The Hall–Kier alpha value is -1.54. The van der Waals surface area contributed by atoms with Crippen molar-refractivity contribution in [3.8, 4) is 0 Å². The van der Waals surface area contributed by atoms with Gasteiger partial charge in [0.1, 0.15) is 0 Å². The highest BCUT2D eigenvalue weighted by Gasteiger charge is 2.27. The molecular weight excluding hydrogens is 235 g/mol. The zero-order chi connectivity index (χ0) is 12.5. The number of aliphatic hydroxyl groups excluding tert-OH is 1. The van der Waals surface area contributed by atoms with Gasteiger partial charge in [-0.25, -0.2) is 0 Å². The molecule has 3 nitrogen and oxygen atoms in total. The molecule has 0 aromatic heterocycles. The van der Waals surface area contributed by atoms with Gasteiger partial charge in [-0.3, -0.25) is 0 Å². The molecule has 0 spiro atoms. The Balaban J connectivity index is 0.000000202. The van der Waals surface area contributed by atoms with E-state index >= 15 is 0 Å². The van der Waals surface area contributed by atoms with E-state index in [1.807, 2.05) is 36.4 Å². The quantitative estimate of drug-likeness (QED) is 0.804. The number of hydrogen-bond donors (Lipinski definition) is 2. The zero-order valence-corrected chi connectivity index (χ0v) is 10.1. The molecule has 0 aliphatic heterocycles. The zero-order valence-electron chi connectivity index (χ0n) is 9.18. The molecule has 88 valence electrons. The summed E-state index contributed by atoms with van der Waals surface area (Å²) in [7, 11) is -2.53. The summed E-state index contributed by atoms with van der Waals surface area (Å²) < 4.78 is 10.4. The van der Waals surface area contributed by atoms with E-state index in [-0.39, 0.29) is 0 Å². The predicted molar refractivity (Wildman–Crippen MR) is 67.7 cm³/mol. The average Bonchev–Trinajstić information content (AvgIpc) is 2.41. The fourth-order valence-corrected chi connectivity index (χ4v) is 1.56. The van der Waals surface area contributed by atoms with Gasteiger partial charge in [0.25, 0.3) is 0 Å². The fraction of sp³-hybridized carbons (Fsp3) is 0.0769. The molecule has 2 rings (SSSR count). The Kier molecular flexibility index (Phi) is 6.12. The Labute approximate surface area is 101 Å². The van der Waals surface area contributed by atoms with E-state index in [2.05, 4.69) is 0 Å². The first-order chi connectivity index (χ1) is 8.22. The minimum Gasteiger partial charge on any atom is -0.345 e. The Morgan fingerprint density at radius 3 is 1.53 bits per heavy atom. The summed E-state index contributed by atoms with van der Waals surface area (Å²) in [5.74, 6) is -1.26. The molecule has 0 saturated heterocycles. The van der Waals surface area contributed by atoms with Gasteiger partial charge >= 0.3 is 13.9 Å². The lowest BCUT2D eigenvalue weighted by Crippen LogP contribution is -1.89. The maximum atomic E-state index is 10.4. The molecule has 2 N–H and O–H groups in total.